The van der Waals surface area contributed by atoms with E-state index in [0.717, 1.165) is 17.5 Å². The smallest absolute Gasteiger partial charge is 0.245 e. The van der Waals surface area contributed by atoms with E-state index < -0.39 is 22.1 Å². The second kappa shape index (κ2) is 18.7. The van der Waals surface area contributed by atoms with E-state index in [0.29, 0.717) is 63.1 Å². The van der Waals surface area contributed by atoms with Crippen molar-refractivity contribution in [3.05, 3.63) is 70.2 Å². The van der Waals surface area contributed by atoms with Crippen LogP contribution in [0.2, 0.25) is 5.02 Å². The summed E-state index contributed by atoms with van der Waals surface area (Å²) in [5, 5.41) is 7.28. The van der Waals surface area contributed by atoms with Crippen molar-refractivity contribution in [1.29, 1.82) is 0 Å². The number of fused-ring (bicyclic) bond motifs is 1. The minimum absolute atomic E-state index is 0. The summed E-state index contributed by atoms with van der Waals surface area (Å²) in [5.74, 6) is 0.325. The lowest BCUT2D eigenvalue weighted by molar-refractivity contribution is -0.138. The lowest BCUT2D eigenvalue weighted by Gasteiger charge is -2.43. The minimum Gasteiger partial charge on any atom is -0.343 e. The number of rotatable bonds is 12. The zero-order valence-corrected chi connectivity index (χ0v) is 33.1. The normalized spacial score (nSPS) is 20.9. The molecule has 2 aromatic carbocycles. The number of nitrogens with one attached hydrogen (secondary N) is 2. The first-order valence-electron chi connectivity index (χ1n) is 17.7. The van der Waals surface area contributed by atoms with E-state index in [-0.39, 0.29) is 48.2 Å². The van der Waals surface area contributed by atoms with E-state index >= 15 is 0 Å². The van der Waals surface area contributed by atoms with Crippen LogP contribution in [-0.2, 0) is 38.0 Å². The fourth-order valence-electron chi connectivity index (χ4n) is 7.99. The Balaban J connectivity index is 0.00000338. The van der Waals surface area contributed by atoms with Gasteiger partial charge in [-0.2, -0.15) is 0 Å². The van der Waals surface area contributed by atoms with Gasteiger partial charge in [0, 0.05) is 62.3 Å². The summed E-state index contributed by atoms with van der Waals surface area (Å²) in [4.78, 5) is 32.3. The van der Waals surface area contributed by atoms with Crippen molar-refractivity contribution in [1.82, 2.24) is 24.7 Å². The van der Waals surface area contributed by atoms with Crippen molar-refractivity contribution in [3.63, 3.8) is 0 Å². The minimum atomic E-state index is -3.31. The van der Waals surface area contributed by atoms with E-state index in [1.807, 2.05) is 48.2 Å². The van der Waals surface area contributed by atoms with Gasteiger partial charge in [-0.1, -0.05) is 87.0 Å². The lowest BCUT2D eigenvalue weighted by atomic mass is 9.82. The first-order valence-corrected chi connectivity index (χ1v) is 20.0. The van der Waals surface area contributed by atoms with E-state index in [9.17, 15) is 18.0 Å². The molecule has 50 heavy (non-hydrogen) atoms. The monoisotopic (exact) mass is 771 g/mol. The van der Waals surface area contributed by atoms with Crippen LogP contribution in [-0.4, -0.2) is 98.0 Å². The molecule has 1 saturated heterocycles. The zero-order valence-electron chi connectivity index (χ0n) is 29.9. The molecule has 3 aliphatic rings. The van der Waals surface area contributed by atoms with E-state index in [1.165, 1.54) is 43.9 Å². The summed E-state index contributed by atoms with van der Waals surface area (Å²) in [7, 11) is -3.31. The fourth-order valence-corrected chi connectivity index (χ4v) is 9.03. The molecule has 0 aromatic heterocycles. The van der Waals surface area contributed by atoms with Crippen molar-refractivity contribution >= 4 is 58.3 Å². The number of halogens is 3. The van der Waals surface area contributed by atoms with Crippen molar-refractivity contribution in [2.24, 2.45) is 5.92 Å². The quantitative estimate of drug-likeness (QED) is 0.299. The molecule has 2 amide bonds. The molecule has 1 aliphatic carbocycles. The van der Waals surface area contributed by atoms with Gasteiger partial charge in [0.05, 0.1) is 12.3 Å². The average molecular weight is 773 g/mol. The third-order valence-corrected chi connectivity index (χ3v) is 12.2. The molecular weight excluding hydrogens is 717 g/mol. The molecule has 2 heterocycles. The third-order valence-electron chi connectivity index (χ3n) is 10.6. The Hall–Kier alpha value is -1.92. The van der Waals surface area contributed by atoms with Gasteiger partial charge in [0.15, 0.2) is 0 Å². The molecule has 2 aliphatic heterocycles. The van der Waals surface area contributed by atoms with Crippen LogP contribution in [0.15, 0.2) is 48.5 Å². The molecule has 0 bridgehead atoms. The molecule has 3 unspecified atom stereocenters. The van der Waals surface area contributed by atoms with Gasteiger partial charge in [-0.25, -0.2) is 12.7 Å². The number of piperazine rings is 1. The second-order valence-electron chi connectivity index (χ2n) is 14.5. The Bertz CT molecular complexity index is 1510. The highest BCUT2D eigenvalue weighted by atomic mass is 35.5. The fraction of sp³-hybridized carbons (Fsp3) is 0.622. The highest BCUT2D eigenvalue weighted by Gasteiger charge is 2.38. The van der Waals surface area contributed by atoms with Gasteiger partial charge >= 0.3 is 0 Å². The number of hydrogen-bond donors (Lipinski definition) is 2. The van der Waals surface area contributed by atoms with Crippen LogP contribution < -0.4 is 10.6 Å². The standard InChI is InChI=1S/C37H54ClN5O4S.2ClH/c1-5-43(48(4,46)47)26-31(23-27-11-7-6-8-12-27)41-19-21-42(22-20-41)36(45)34(24-28-15-17-30(38)18-16-28)39-35(44)33-25-29-13-9-10-14-32(29)37(2,3)40-33;;/h9-10,13-18,27,31,33-34,40H,5-8,11-12,19-26H2,1-4H3,(H,39,44);2*1H. The summed E-state index contributed by atoms with van der Waals surface area (Å²) in [6, 6.07) is 14.5. The van der Waals surface area contributed by atoms with Gasteiger partial charge in [0.25, 0.3) is 0 Å². The van der Waals surface area contributed by atoms with Crippen molar-refractivity contribution in [3.8, 4) is 0 Å². The van der Waals surface area contributed by atoms with E-state index in [2.05, 4.69) is 41.5 Å². The topological polar surface area (TPSA) is 102 Å². The number of hydrogen-bond acceptors (Lipinski definition) is 6. The lowest BCUT2D eigenvalue weighted by Crippen LogP contribution is -2.61. The molecule has 0 spiro atoms. The SMILES string of the molecule is CCN(CC(CC1CCCCC1)N1CCN(C(=O)C(Cc2ccc(Cl)cc2)NC(=O)C2Cc3ccccc3C(C)(C)N2)CC1)S(C)(=O)=O.Cl.Cl. The summed E-state index contributed by atoms with van der Waals surface area (Å²) >= 11 is 6.16. The van der Waals surface area contributed by atoms with Gasteiger partial charge in [-0.05, 0) is 61.4 Å². The predicted octanol–water partition coefficient (Wildman–Crippen LogP) is 5.43. The number of carbonyl (C=O) groups is 2. The summed E-state index contributed by atoms with van der Waals surface area (Å²) < 4.78 is 26.7. The van der Waals surface area contributed by atoms with Gasteiger partial charge in [-0.15, -0.1) is 24.8 Å². The molecular formula is C37H56Cl3N5O4S. The van der Waals surface area contributed by atoms with Crippen molar-refractivity contribution in [2.75, 3.05) is 45.5 Å². The Labute approximate surface area is 317 Å². The molecule has 1 saturated carbocycles. The summed E-state index contributed by atoms with van der Waals surface area (Å²) in [6.07, 6.45) is 9.34. The van der Waals surface area contributed by atoms with Gasteiger partial charge in [0.2, 0.25) is 21.8 Å². The first kappa shape index (κ1) is 42.5. The molecule has 5 rings (SSSR count). The van der Waals surface area contributed by atoms with Crippen LogP contribution >= 0.6 is 36.4 Å². The van der Waals surface area contributed by atoms with Gasteiger partial charge < -0.3 is 10.2 Å². The zero-order chi connectivity index (χ0) is 34.5. The number of carbonyl (C=O) groups excluding carboxylic acids is 2. The molecule has 2 aromatic rings. The second-order valence-corrected chi connectivity index (χ2v) is 17.0. The van der Waals surface area contributed by atoms with Gasteiger partial charge in [-0.3, -0.25) is 19.8 Å². The summed E-state index contributed by atoms with van der Waals surface area (Å²) in [6.45, 7) is 9.37. The summed E-state index contributed by atoms with van der Waals surface area (Å²) in [5.41, 5.74) is 2.85. The largest absolute Gasteiger partial charge is 0.343 e. The van der Waals surface area contributed by atoms with Crippen LogP contribution in [0.5, 0.6) is 0 Å². The predicted molar refractivity (Wildman–Crippen MR) is 207 cm³/mol. The maximum Gasteiger partial charge on any atom is 0.245 e. The maximum atomic E-state index is 14.2. The Morgan fingerprint density at radius 2 is 1.64 bits per heavy atom. The number of sulfonamides is 1. The van der Waals surface area contributed by atoms with Crippen LogP contribution in [0.3, 0.4) is 0 Å². The molecule has 0 radical (unpaired) electrons. The number of benzene rings is 2. The number of nitrogens with zero attached hydrogens (tertiary/aromatic N) is 3. The van der Waals surface area contributed by atoms with E-state index in [1.54, 1.807) is 4.31 Å². The maximum absolute atomic E-state index is 14.2. The molecule has 9 nitrogen and oxygen atoms in total. The average Bonchev–Trinajstić information content (AvgIpc) is 3.06. The Morgan fingerprint density at radius 1 is 1.00 bits per heavy atom. The van der Waals surface area contributed by atoms with Crippen LogP contribution in [0, 0.1) is 5.92 Å². The number of likely N-dealkylation sites (N-methyl/N-ethyl adjacent to an activating group) is 1. The van der Waals surface area contributed by atoms with Crippen LogP contribution in [0.25, 0.3) is 0 Å². The Morgan fingerprint density at radius 3 is 2.26 bits per heavy atom. The molecule has 280 valence electrons. The van der Waals surface area contributed by atoms with Gasteiger partial charge in [0.1, 0.15) is 6.04 Å². The van der Waals surface area contributed by atoms with E-state index in [4.69, 9.17) is 11.6 Å². The van der Waals surface area contributed by atoms with Crippen molar-refractivity contribution in [2.45, 2.75) is 95.8 Å². The van der Waals surface area contributed by atoms with Crippen LogP contribution in [0.4, 0.5) is 0 Å². The highest BCUT2D eigenvalue weighted by molar-refractivity contribution is 7.88. The molecule has 3 atom stereocenters. The first-order chi connectivity index (χ1) is 22.8. The molecule has 13 heteroatoms. The van der Waals surface area contributed by atoms with Crippen molar-refractivity contribution < 1.29 is 18.0 Å². The highest BCUT2D eigenvalue weighted by Crippen LogP contribution is 2.31. The molecule has 2 N–H and O–H groups in total. The van der Waals surface area contributed by atoms with Crippen LogP contribution in [0.1, 0.15) is 76.0 Å². The number of amides is 2. The molecule has 2 fully saturated rings. The Kier molecular flexibility index (Phi) is 15.9. The third kappa shape index (κ3) is 11.0.